The minimum atomic E-state index is -3.80. The van der Waals surface area contributed by atoms with Crippen LogP contribution in [0.25, 0.3) is 0 Å². The summed E-state index contributed by atoms with van der Waals surface area (Å²) in [6, 6.07) is 3.88. The number of piperidine rings is 1. The molecule has 7 nitrogen and oxygen atoms in total. The van der Waals surface area contributed by atoms with Crippen LogP contribution in [0.5, 0.6) is 0 Å². The summed E-state index contributed by atoms with van der Waals surface area (Å²) >= 11 is 6.07. The van der Waals surface area contributed by atoms with Crippen molar-refractivity contribution < 1.29 is 27.5 Å². The van der Waals surface area contributed by atoms with Crippen molar-refractivity contribution in [3.8, 4) is 0 Å². The predicted molar refractivity (Wildman–Crippen MR) is 100 cm³/mol. The molecule has 9 heteroatoms. The van der Waals surface area contributed by atoms with Gasteiger partial charge in [0.1, 0.15) is 10.5 Å². The molecule has 27 heavy (non-hydrogen) atoms. The van der Waals surface area contributed by atoms with Gasteiger partial charge >= 0.3 is 11.9 Å². The third-order valence-electron chi connectivity index (χ3n) is 3.84. The van der Waals surface area contributed by atoms with Gasteiger partial charge in [0.2, 0.25) is 10.0 Å². The maximum Gasteiger partial charge on any atom is 0.344 e. The summed E-state index contributed by atoms with van der Waals surface area (Å²) in [5, 5.41) is 0.0317. The summed E-state index contributed by atoms with van der Waals surface area (Å²) < 4.78 is 37.0. The number of carbonyl (C=O) groups excluding carboxylic acids is 2. The number of sulfonamides is 1. The number of hydrogen-bond acceptors (Lipinski definition) is 6. The van der Waals surface area contributed by atoms with Crippen LogP contribution in [0.3, 0.4) is 0 Å². The monoisotopic (exact) mass is 417 g/mol. The Morgan fingerprint density at radius 3 is 2.37 bits per heavy atom. The Hall–Kier alpha value is -1.64. The molecule has 0 aliphatic carbocycles. The van der Waals surface area contributed by atoms with E-state index in [1.54, 1.807) is 20.8 Å². The number of ether oxygens (including phenoxy) is 2. The molecule has 0 aromatic heterocycles. The lowest BCUT2D eigenvalue weighted by molar-refractivity contribution is -0.158. The van der Waals surface area contributed by atoms with Gasteiger partial charge in [0.25, 0.3) is 0 Å². The standard InChI is InChI=1S/C18H24ClNO6S/c1-18(2,3)26-16(21)12-25-17(22)13-7-8-14(19)15(11-13)27(23,24)20-9-5-4-6-10-20/h7-8,11H,4-6,9-10,12H2,1-3H3. The molecule has 0 unspecified atom stereocenters. The van der Waals surface area contributed by atoms with Gasteiger partial charge in [-0.2, -0.15) is 4.31 Å². The topological polar surface area (TPSA) is 90.0 Å². The van der Waals surface area contributed by atoms with Gasteiger partial charge in [0, 0.05) is 13.1 Å². The lowest BCUT2D eigenvalue weighted by Crippen LogP contribution is -2.35. The number of carbonyl (C=O) groups is 2. The van der Waals surface area contributed by atoms with Gasteiger partial charge in [0.05, 0.1) is 10.6 Å². The van der Waals surface area contributed by atoms with Gasteiger partial charge in [-0.3, -0.25) is 0 Å². The summed E-state index contributed by atoms with van der Waals surface area (Å²) in [6.45, 7) is 5.38. The molecule has 0 atom stereocenters. The fourth-order valence-corrected chi connectivity index (χ4v) is 4.67. The molecule has 1 fully saturated rings. The molecule has 1 aromatic carbocycles. The van der Waals surface area contributed by atoms with Gasteiger partial charge in [0.15, 0.2) is 6.61 Å². The third-order valence-corrected chi connectivity index (χ3v) is 6.22. The molecule has 1 heterocycles. The van der Waals surface area contributed by atoms with Crippen molar-refractivity contribution in [1.29, 1.82) is 0 Å². The Balaban J connectivity index is 2.14. The van der Waals surface area contributed by atoms with Crippen molar-refractivity contribution in [3.63, 3.8) is 0 Å². The number of nitrogens with zero attached hydrogens (tertiary/aromatic N) is 1. The van der Waals surface area contributed by atoms with Crippen molar-refractivity contribution >= 4 is 33.6 Å². The molecule has 150 valence electrons. The van der Waals surface area contributed by atoms with Crippen LogP contribution < -0.4 is 0 Å². The van der Waals surface area contributed by atoms with Crippen molar-refractivity contribution in [1.82, 2.24) is 4.31 Å². The highest BCUT2D eigenvalue weighted by Gasteiger charge is 2.29. The molecule has 2 rings (SSSR count). The van der Waals surface area contributed by atoms with Gasteiger partial charge < -0.3 is 9.47 Å². The van der Waals surface area contributed by atoms with Gasteiger partial charge in [-0.1, -0.05) is 18.0 Å². The van der Waals surface area contributed by atoms with E-state index < -0.39 is 34.2 Å². The fourth-order valence-electron chi connectivity index (χ4n) is 2.65. The first-order chi connectivity index (χ1) is 12.5. The predicted octanol–water partition coefficient (Wildman–Crippen LogP) is 3.01. The number of benzene rings is 1. The van der Waals surface area contributed by atoms with Crippen molar-refractivity contribution in [3.05, 3.63) is 28.8 Å². The second kappa shape index (κ2) is 8.58. The quantitative estimate of drug-likeness (QED) is 0.684. The first kappa shape index (κ1) is 21.7. The molecule has 0 bridgehead atoms. The van der Waals surface area contributed by atoms with E-state index in [0.29, 0.717) is 13.1 Å². The smallest absolute Gasteiger partial charge is 0.344 e. The second-order valence-corrected chi connectivity index (χ2v) is 9.59. The van der Waals surface area contributed by atoms with Crippen LogP contribution in [0, 0.1) is 0 Å². The highest BCUT2D eigenvalue weighted by Crippen LogP contribution is 2.28. The number of halogens is 1. The molecular formula is C18H24ClNO6S. The molecule has 1 aliphatic heterocycles. The first-order valence-electron chi connectivity index (χ1n) is 8.69. The van der Waals surface area contributed by atoms with Crippen LogP contribution >= 0.6 is 11.6 Å². The van der Waals surface area contributed by atoms with E-state index in [1.807, 2.05) is 0 Å². The van der Waals surface area contributed by atoms with E-state index in [0.717, 1.165) is 19.3 Å². The average molecular weight is 418 g/mol. The van der Waals surface area contributed by atoms with Gasteiger partial charge in [-0.25, -0.2) is 18.0 Å². The van der Waals surface area contributed by atoms with Gasteiger partial charge in [-0.15, -0.1) is 0 Å². The normalized spacial score (nSPS) is 16.0. The van der Waals surface area contributed by atoms with Crippen molar-refractivity contribution in [2.24, 2.45) is 0 Å². The van der Waals surface area contributed by atoms with E-state index in [4.69, 9.17) is 21.1 Å². The molecule has 0 amide bonds. The number of rotatable bonds is 5. The minimum absolute atomic E-state index is 0.00135. The minimum Gasteiger partial charge on any atom is -0.457 e. The summed E-state index contributed by atoms with van der Waals surface area (Å²) in [7, 11) is -3.80. The van der Waals surface area contributed by atoms with Crippen LogP contribution in [0.4, 0.5) is 0 Å². The van der Waals surface area contributed by atoms with Crippen molar-refractivity contribution in [2.45, 2.75) is 50.5 Å². The van der Waals surface area contributed by atoms with E-state index in [9.17, 15) is 18.0 Å². The van der Waals surface area contributed by atoms with E-state index in [1.165, 1.54) is 22.5 Å². The molecule has 0 spiro atoms. The summed E-state index contributed by atoms with van der Waals surface area (Å²) in [5.74, 6) is -1.52. The van der Waals surface area contributed by atoms with E-state index >= 15 is 0 Å². The SMILES string of the molecule is CC(C)(C)OC(=O)COC(=O)c1ccc(Cl)c(S(=O)(=O)N2CCCCC2)c1. The van der Waals surface area contributed by atoms with Crippen molar-refractivity contribution in [2.75, 3.05) is 19.7 Å². The molecule has 0 saturated carbocycles. The Labute approximate surface area is 164 Å². The second-order valence-electron chi connectivity index (χ2n) is 7.27. The lowest BCUT2D eigenvalue weighted by atomic mass is 10.2. The highest BCUT2D eigenvalue weighted by atomic mass is 35.5. The highest BCUT2D eigenvalue weighted by molar-refractivity contribution is 7.89. The Bertz CT molecular complexity index is 810. The Kier molecular flexibility index (Phi) is 6.88. The zero-order valence-corrected chi connectivity index (χ0v) is 17.2. The Morgan fingerprint density at radius 2 is 1.78 bits per heavy atom. The molecule has 0 radical (unpaired) electrons. The Morgan fingerprint density at radius 1 is 1.15 bits per heavy atom. The summed E-state index contributed by atoms with van der Waals surface area (Å²) in [5.41, 5.74) is -0.696. The molecular weight excluding hydrogens is 394 g/mol. The zero-order valence-electron chi connectivity index (χ0n) is 15.7. The average Bonchev–Trinajstić information content (AvgIpc) is 2.59. The maximum atomic E-state index is 12.8. The molecule has 0 N–H and O–H groups in total. The zero-order chi connectivity index (χ0) is 20.2. The molecule has 1 saturated heterocycles. The molecule has 1 aliphatic rings. The fraction of sp³-hybridized carbons (Fsp3) is 0.556. The van der Waals surface area contributed by atoms with E-state index in [2.05, 4.69) is 0 Å². The lowest BCUT2D eigenvalue weighted by Gasteiger charge is -2.26. The summed E-state index contributed by atoms with van der Waals surface area (Å²) in [4.78, 5) is 23.7. The molecule has 1 aromatic rings. The first-order valence-corrected chi connectivity index (χ1v) is 10.5. The number of hydrogen-bond donors (Lipinski definition) is 0. The largest absolute Gasteiger partial charge is 0.457 e. The van der Waals surface area contributed by atoms with Crippen LogP contribution in [0.2, 0.25) is 5.02 Å². The van der Waals surface area contributed by atoms with Crippen LogP contribution in [0.15, 0.2) is 23.1 Å². The summed E-state index contributed by atoms with van der Waals surface area (Å²) in [6.07, 6.45) is 2.56. The van der Waals surface area contributed by atoms with Gasteiger partial charge in [-0.05, 0) is 51.8 Å². The van der Waals surface area contributed by atoms with Crippen LogP contribution in [-0.2, 0) is 24.3 Å². The number of esters is 2. The maximum absolute atomic E-state index is 12.8. The van der Waals surface area contributed by atoms with Crippen LogP contribution in [-0.4, -0.2) is 50.0 Å². The van der Waals surface area contributed by atoms with Crippen LogP contribution in [0.1, 0.15) is 50.4 Å². The third kappa shape index (κ3) is 5.92. The van der Waals surface area contributed by atoms with E-state index in [-0.39, 0.29) is 15.5 Å².